The second-order valence-corrected chi connectivity index (χ2v) is 4.00. The number of nitrogens with two attached hydrogens (primary N) is 1. The fraction of sp³-hybridized carbons (Fsp3) is 0.385. The van der Waals surface area contributed by atoms with Crippen LogP contribution in [0.4, 0.5) is 0 Å². The van der Waals surface area contributed by atoms with Crippen LogP contribution in [0.15, 0.2) is 29.3 Å². The lowest BCUT2D eigenvalue weighted by Crippen LogP contribution is -2.34. The van der Waals surface area contributed by atoms with E-state index in [9.17, 15) is 4.79 Å². The zero-order valence-corrected chi connectivity index (χ0v) is 9.85. The first-order valence-corrected chi connectivity index (χ1v) is 5.76. The monoisotopic (exact) mass is 232 g/mol. The molecule has 90 valence electrons. The number of ether oxygens (including phenoxy) is 1. The molecule has 4 heteroatoms. The summed E-state index contributed by atoms with van der Waals surface area (Å²) in [6.45, 7) is 2.77. The molecule has 1 atom stereocenters. The fourth-order valence-electron chi connectivity index (χ4n) is 1.95. The highest BCUT2D eigenvalue weighted by Crippen LogP contribution is 2.07. The molecule has 0 saturated heterocycles. The van der Waals surface area contributed by atoms with Crippen LogP contribution in [-0.2, 0) is 9.53 Å². The molecule has 1 heterocycles. The lowest BCUT2D eigenvalue weighted by Gasteiger charge is -2.10. The van der Waals surface area contributed by atoms with E-state index in [0.717, 1.165) is 16.1 Å². The highest BCUT2D eigenvalue weighted by atomic mass is 16.5. The number of rotatable bonds is 4. The molecule has 1 aromatic rings. The molecule has 1 aromatic carbocycles. The third kappa shape index (κ3) is 2.53. The third-order valence-corrected chi connectivity index (χ3v) is 2.78. The summed E-state index contributed by atoms with van der Waals surface area (Å²) >= 11 is 0. The molecule has 0 spiro atoms. The van der Waals surface area contributed by atoms with Crippen LogP contribution in [-0.4, -0.2) is 25.2 Å². The lowest BCUT2D eigenvalue weighted by molar-refractivity contribution is -0.144. The SMILES string of the molecule is CCOC(=O)[C@@H](N)CC1=c2ccccc2=NC1. The van der Waals surface area contributed by atoms with Gasteiger partial charge < -0.3 is 10.5 Å². The van der Waals surface area contributed by atoms with Crippen molar-refractivity contribution in [1.29, 1.82) is 0 Å². The molecule has 4 nitrogen and oxygen atoms in total. The first kappa shape index (κ1) is 11.8. The molecule has 0 amide bonds. The summed E-state index contributed by atoms with van der Waals surface area (Å²) in [6.07, 6.45) is 0.513. The summed E-state index contributed by atoms with van der Waals surface area (Å²) in [7, 11) is 0. The van der Waals surface area contributed by atoms with E-state index >= 15 is 0 Å². The molecule has 2 N–H and O–H groups in total. The van der Waals surface area contributed by atoms with E-state index in [2.05, 4.69) is 4.99 Å². The van der Waals surface area contributed by atoms with Crippen molar-refractivity contribution in [1.82, 2.24) is 0 Å². The Bertz CT molecular complexity index is 537. The number of fused-ring (bicyclic) bond motifs is 1. The highest BCUT2D eigenvalue weighted by molar-refractivity contribution is 5.77. The average Bonchev–Trinajstić information content (AvgIpc) is 2.73. The van der Waals surface area contributed by atoms with Gasteiger partial charge in [-0.2, -0.15) is 0 Å². The van der Waals surface area contributed by atoms with Crippen molar-refractivity contribution in [2.75, 3.05) is 13.2 Å². The largest absolute Gasteiger partial charge is 0.465 e. The molecule has 1 aliphatic rings. The van der Waals surface area contributed by atoms with Gasteiger partial charge in [-0.15, -0.1) is 0 Å². The van der Waals surface area contributed by atoms with Gasteiger partial charge in [0.05, 0.1) is 18.5 Å². The Morgan fingerprint density at radius 3 is 3.06 bits per heavy atom. The van der Waals surface area contributed by atoms with Crippen molar-refractivity contribution < 1.29 is 9.53 Å². The molecule has 0 fully saturated rings. The molecule has 0 aliphatic carbocycles. The van der Waals surface area contributed by atoms with Gasteiger partial charge in [-0.1, -0.05) is 18.2 Å². The predicted molar refractivity (Wildman–Crippen MR) is 64.7 cm³/mol. The van der Waals surface area contributed by atoms with E-state index in [0.29, 0.717) is 19.6 Å². The van der Waals surface area contributed by atoms with Gasteiger partial charge in [-0.25, -0.2) is 0 Å². The Kier molecular flexibility index (Phi) is 3.54. The van der Waals surface area contributed by atoms with Crippen LogP contribution in [0.5, 0.6) is 0 Å². The first-order valence-electron chi connectivity index (χ1n) is 5.76. The van der Waals surface area contributed by atoms with Gasteiger partial charge in [0.15, 0.2) is 0 Å². The van der Waals surface area contributed by atoms with Crippen LogP contribution >= 0.6 is 0 Å². The number of para-hydroxylation sites is 1. The Morgan fingerprint density at radius 2 is 2.29 bits per heavy atom. The van der Waals surface area contributed by atoms with Gasteiger partial charge in [0.1, 0.15) is 6.04 Å². The predicted octanol–water partition coefficient (Wildman–Crippen LogP) is -0.249. The van der Waals surface area contributed by atoms with Crippen LogP contribution in [0.3, 0.4) is 0 Å². The van der Waals surface area contributed by atoms with E-state index in [4.69, 9.17) is 10.5 Å². The van der Waals surface area contributed by atoms with Gasteiger partial charge in [0, 0.05) is 5.22 Å². The maximum Gasteiger partial charge on any atom is 0.323 e. The fourth-order valence-corrected chi connectivity index (χ4v) is 1.95. The van der Waals surface area contributed by atoms with Crippen LogP contribution in [0.25, 0.3) is 5.57 Å². The number of hydrogen-bond acceptors (Lipinski definition) is 4. The summed E-state index contributed by atoms with van der Waals surface area (Å²) in [5.74, 6) is -0.343. The molecule has 0 unspecified atom stereocenters. The number of carbonyl (C=O) groups is 1. The van der Waals surface area contributed by atoms with E-state index in [1.54, 1.807) is 6.92 Å². The summed E-state index contributed by atoms with van der Waals surface area (Å²) in [5, 5.41) is 2.09. The minimum Gasteiger partial charge on any atom is -0.465 e. The second kappa shape index (κ2) is 5.10. The number of benzene rings is 1. The molecule has 0 bridgehead atoms. The Labute approximate surface area is 99.8 Å². The summed E-state index contributed by atoms with van der Waals surface area (Å²) in [5.41, 5.74) is 6.92. The van der Waals surface area contributed by atoms with Crippen molar-refractivity contribution >= 4 is 11.5 Å². The minimum absolute atomic E-state index is 0.343. The summed E-state index contributed by atoms with van der Waals surface area (Å²) in [4.78, 5) is 15.8. The Morgan fingerprint density at radius 1 is 1.53 bits per heavy atom. The standard InChI is InChI=1S/C13H16N2O2/c1-2-17-13(16)11(14)7-9-8-15-12-6-4-3-5-10(9)12/h3-6,11H,2,7-8,14H2,1H3/t11-/m0/s1. The van der Waals surface area contributed by atoms with Crippen molar-refractivity contribution in [3.8, 4) is 0 Å². The molecule has 0 aromatic heterocycles. The van der Waals surface area contributed by atoms with Gasteiger partial charge in [0.2, 0.25) is 0 Å². The van der Waals surface area contributed by atoms with Crippen LogP contribution < -0.4 is 16.3 Å². The summed E-state index contributed by atoms with van der Waals surface area (Å²) in [6, 6.07) is 7.31. The molecule has 2 rings (SSSR count). The normalized spacial score (nSPS) is 15.1. The van der Waals surface area contributed by atoms with E-state index in [-0.39, 0.29) is 5.97 Å². The Balaban J connectivity index is 2.17. The number of esters is 1. The van der Waals surface area contributed by atoms with E-state index in [1.165, 1.54) is 0 Å². The zero-order chi connectivity index (χ0) is 12.3. The maximum absolute atomic E-state index is 11.5. The lowest BCUT2D eigenvalue weighted by atomic mass is 10.1. The molecular formula is C13H16N2O2. The average molecular weight is 232 g/mol. The maximum atomic E-state index is 11.5. The van der Waals surface area contributed by atoms with Crippen LogP contribution in [0, 0.1) is 0 Å². The number of carbonyl (C=O) groups excluding carboxylic acids is 1. The quantitative estimate of drug-likeness (QED) is 0.728. The van der Waals surface area contributed by atoms with Crippen LogP contribution in [0.2, 0.25) is 0 Å². The Hall–Kier alpha value is -1.68. The van der Waals surface area contributed by atoms with E-state index in [1.807, 2.05) is 24.3 Å². The molecule has 0 saturated carbocycles. The second-order valence-electron chi connectivity index (χ2n) is 4.00. The number of hydrogen-bond donors (Lipinski definition) is 1. The molecular weight excluding hydrogens is 216 g/mol. The zero-order valence-electron chi connectivity index (χ0n) is 9.85. The highest BCUT2D eigenvalue weighted by Gasteiger charge is 2.18. The number of nitrogens with zero attached hydrogens (tertiary/aromatic N) is 1. The molecule has 17 heavy (non-hydrogen) atoms. The van der Waals surface area contributed by atoms with Crippen molar-refractivity contribution in [3.63, 3.8) is 0 Å². The first-order chi connectivity index (χ1) is 8.22. The van der Waals surface area contributed by atoms with Gasteiger partial charge in [-0.3, -0.25) is 9.79 Å². The topological polar surface area (TPSA) is 64.7 Å². The van der Waals surface area contributed by atoms with Crippen molar-refractivity contribution in [3.05, 3.63) is 34.8 Å². The molecule has 0 radical (unpaired) electrons. The van der Waals surface area contributed by atoms with Crippen molar-refractivity contribution in [2.24, 2.45) is 10.7 Å². The third-order valence-electron chi connectivity index (χ3n) is 2.78. The molecule has 1 aliphatic heterocycles. The minimum atomic E-state index is -0.591. The summed E-state index contributed by atoms with van der Waals surface area (Å²) < 4.78 is 4.89. The van der Waals surface area contributed by atoms with Crippen molar-refractivity contribution in [2.45, 2.75) is 19.4 Å². The van der Waals surface area contributed by atoms with Gasteiger partial charge in [0.25, 0.3) is 0 Å². The van der Waals surface area contributed by atoms with Crippen LogP contribution in [0.1, 0.15) is 13.3 Å². The van der Waals surface area contributed by atoms with E-state index < -0.39 is 6.04 Å². The smallest absolute Gasteiger partial charge is 0.323 e. The van der Waals surface area contributed by atoms with Gasteiger partial charge >= 0.3 is 5.97 Å². The van der Waals surface area contributed by atoms with Gasteiger partial charge in [-0.05, 0) is 25.0 Å².